The fourth-order valence-electron chi connectivity index (χ4n) is 1.34. The van der Waals surface area contributed by atoms with Crippen molar-refractivity contribution in [2.24, 2.45) is 0 Å². The average Bonchev–Trinajstić information content (AvgIpc) is 2.87. The summed E-state index contributed by atoms with van der Waals surface area (Å²) in [5.41, 5.74) is 6.60. The minimum atomic E-state index is -0.189. The maximum absolute atomic E-state index is 11.7. The number of nitrogens with one attached hydrogen (secondary N) is 1. The van der Waals surface area contributed by atoms with Crippen LogP contribution in [0.4, 0.5) is 5.69 Å². The Bertz CT molecular complexity index is 520. The van der Waals surface area contributed by atoms with Crippen LogP contribution in [-0.4, -0.2) is 22.2 Å². The van der Waals surface area contributed by atoms with E-state index in [1.165, 1.54) is 6.26 Å². The second kappa shape index (κ2) is 5.05. The molecule has 0 saturated carbocycles. The van der Waals surface area contributed by atoms with Crippen molar-refractivity contribution >= 4 is 27.5 Å². The molecule has 6 nitrogen and oxygen atoms in total. The molecular weight excluding hydrogens is 288 g/mol. The van der Waals surface area contributed by atoms with Gasteiger partial charge < -0.3 is 15.5 Å². The lowest BCUT2D eigenvalue weighted by Crippen LogP contribution is -2.27. The number of carbonyl (C=O) groups excluding carboxylic acids is 1. The van der Waals surface area contributed by atoms with E-state index in [1.54, 1.807) is 23.1 Å². The predicted molar refractivity (Wildman–Crippen MR) is 65.4 cm³/mol. The van der Waals surface area contributed by atoms with Gasteiger partial charge in [0.25, 0.3) is 5.91 Å². The van der Waals surface area contributed by atoms with E-state index in [2.05, 4.69) is 26.3 Å². The van der Waals surface area contributed by atoms with E-state index >= 15 is 0 Å². The first-order valence-electron chi connectivity index (χ1n) is 4.96. The highest BCUT2D eigenvalue weighted by Crippen LogP contribution is 2.16. The van der Waals surface area contributed by atoms with Crippen LogP contribution in [0.25, 0.3) is 0 Å². The summed E-state index contributed by atoms with van der Waals surface area (Å²) in [7, 11) is 0. The van der Waals surface area contributed by atoms with Crippen LogP contribution in [0.3, 0.4) is 0 Å². The Kier molecular flexibility index (Phi) is 3.48. The van der Waals surface area contributed by atoms with E-state index in [-0.39, 0.29) is 5.91 Å². The van der Waals surface area contributed by atoms with Gasteiger partial charge in [0.2, 0.25) is 0 Å². The molecule has 0 aliphatic rings. The molecule has 2 aromatic rings. The number of nitrogens with zero attached hydrogens (tertiary/aromatic N) is 2. The highest BCUT2D eigenvalue weighted by atomic mass is 79.9. The van der Waals surface area contributed by atoms with Crippen LogP contribution >= 0.6 is 15.9 Å². The number of aromatic nitrogens is 2. The van der Waals surface area contributed by atoms with Crippen LogP contribution in [0.5, 0.6) is 0 Å². The summed E-state index contributed by atoms with van der Waals surface area (Å²) in [5.74, 6) is -0.189. The lowest BCUT2D eigenvalue weighted by atomic mass is 10.3. The van der Waals surface area contributed by atoms with E-state index in [1.807, 2.05) is 0 Å². The van der Waals surface area contributed by atoms with Gasteiger partial charge in [-0.1, -0.05) is 0 Å². The first kappa shape index (κ1) is 11.7. The number of amides is 1. The molecule has 3 N–H and O–H groups in total. The van der Waals surface area contributed by atoms with Crippen molar-refractivity contribution < 1.29 is 9.21 Å². The summed E-state index contributed by atoms with van der Waals surface area (Å²) in [6, 6.07) is 1.60. The Hall–Kier alpha value is -1.76. The quantitative estimate of drug-likeness (QED) is 0.889. The molecule has 7 heteroatoms. The third-order valence-corrected chi connectivity index (χ3v) is 2.76. The molecule has 90 valence electrons. The molecule has 0 aliphatic heterocycles. The van der Waals surface area contributed by atoms with Gasteiger partial charge in [0.1, 0.15) is 0 Å². The van der Waals surface area contributed by atoms with Crippen LogP contribution in [0.2, 0.25) is 0 Å². The lowest BCUT2D eigenvalue weighted by molar-refractivity contribution is 0.0950. The topological polar surface area (TPSA) is 86.1 Å². The Morgan fingerprint density at radius 2 is 2.47 bits per heavy atom. The summed E-state index contributed by atoms with van der Waals surface area (Å²) in [4.78, 5) is 11.7. The standard InChI is InChI=1S/C10H11BrN4O2/c11-9-8(1-4-17-9)10(16)13-2-3-15-6-7(12)5-14-15/h1,4-6H,2-3,12H2,(H,13,16). The number of anilines is 1. The normalized spacial score (nSPS) is 10.4. The highest BCUT2D eigenvalue weighted by Gasteiger charge is 2.11. The molecule has 0 aromatic carbocycles. The van der Waals surface area contributed by atoms with Gasteiger partial charge in [0, 0.05) is 12.7 Å². The molecule has 0 fully saturated rings. The van der Waals surface area contributed by atoms with Gasteiger partial charge in [-0.15, -0.1) is 0 Å². The number of nitrogens with two attached hydrogens (primary N) is 1. The van der Waals surface area contributed by atoms with E-state index < -0.39 is 0 Å². The van der Waals surface area contributed by atoms with Crippen LogP contribution in [0.15, 0.2) is 33.8 Å². The minimum absolute atomic E-state index is 0.189. The van der Waals surface area contributed by atoms with E-state index in [0.29, 0.717) is 29.0 Å². The zero-order valence-electron chi connectivity index (χ0n) is 8.89. The minimum Gasteiger partial charge on any atom is -0.457 e. The van der Waals surface area contributed by atoms with E-state index in [0.717, 1.165) is 0 Å². The number of nitrogen functional groups attached to an aromatic ring is 1. The van der Waals surface area contributed by atoms with E-state index in [9.17, 15) is 4.79 Å². The fourth-order valence-corrected chi connectivity index (χ4v) is 1.76. The summed E-state index contributed by atoms with van der Waals surface area (Å²) in [6.07, 6.45) is 4.72. The summed E-state index contributed by atoms with van der Waals surface area (Å²) < 4.78 is 7.07. The van der Waals surface area contributed by atoms with Gasteiger partial charge in [-0.3, -0.25) is 9.48 Å². The molecule has 1 amide bonds. The Morgan fingerprint density at radius 3 is 3.06 bits per heavy atom. The van der Waals surface area contributed by atoms with Crippen molar-refractivity contribution in [3.8, 4) is 0 Å². The zero-order chi connectivity index (χ0) is 12.3. The van der Waals surface area contributed by atoms with Crippen molar-refractivity contribution in [3.63, 3.8) is 0 Å². The van der Waals surface area contributed by atoms with Crippen LogP contribution in [0.1, 0.15) is 10.4 Å². The van der Waals surface area contributed by atoms with Gasteiger partial charge in [0.15, 0.2) is 4.67 Å². The van der Waals surface area contributed by atoms with Crippen LogP contribution in [-0.2, 0) is 6.54 Å². The Morgan fingerprint density at radius 1 is 1.65 bits per heavy atom. The second-order valence-corrected chi connectivity index (χ2v) is 4.12. The van der Waals surface area contributed by atoms with Gasteiger partial charge in [0.05, 0.1) is 30.3 Å². The molecule has 0 aliphatic carbocycles. The Balaban J connectivity index is 1.83. The van der Waals surface area contributed by atoms with Gasteiger partial charge >= 0.3 is 0 Å². The largest absolute Gasteiger partial charge is 0.457 e. The lowest BCUT2D eigenvalue weighted by Gasteiger charge is -2.03. The number of hydrogen-bond donors (Lipinski definition) is 2. The molecule has 0 bridgehead atoms. The average molecular weight is 299 g/mol. The SMILES string of the molecule is Nc1cnn(CCNC(=O)c2ccoc2Br)c1. The van der Waals surface area contributed by atoms with Crippen molar-refractivity contribution in [2.45, 2.75) is 6.54 Å². The predicted octanol–water partition coefficient (Wildman–Crippen LogP) is 1.25. The summed E-state index contributed by atoms with van der Waals surface area (Å²) in [5, 5.41) is 6.76. The molecule has 0 spiro atoms. The monoisotopic (exact) mass is 298 g/mol. The fraction of sp³-hybridized carbons (Fsp3) is 0.200. The second-order valence-electron chi connectivity index (χ2n) is 3.40. The molecule has 2 heterocycles. The van der Waals surface area contributed by atoms with Crippen molar-refractivity contribution in [2.75, 3.05) is 12.3 Å². The number of rotatable bonds is 4. The maximum Gasteiger partial charge on any atom is 0.255 e. The number of hydrogen-bond acceptors (Lipinski definition) is 4. The number of furan rings is 1. The first-order valence-corrected chi connectivity index (χ1v) is 5.75. The Labute approximate surface area is 106 Å². The smallest absolute Gasteiger partial charge is 0.255 e. The molecule has 0 saturated heterocycles. The summed E-state index contributed by atoms with van der Waals surface area (Å²) >= 11 is 3.15. The van der Waals surface area contributed by atoms with Crippen molar-refractivity contribution in [3.05, 3.63) is 35.0 Å². The maximum atomic E-state index is 11.7. The van der Waals surface area contributed by atoms with Crippen molar-refractivity contribution in [1.29, 1.82) is 0 Å². The first-order chi connectivity index (χ1) is 8.16. The number of carbonyl (C=O) groups is 1. The van der Waals surface area contributed by atoms with Gasteiger partial charge in [-0.2, -0.15) is 5.10 Å². The molecule has 2 aromatic heterocycles. The number of halogens is 1. The molecule has 17 heavy (non-hydrogen) atoms. The molecule has 0 radical (unpaired) electrons. The molecule has 2 rings (SSSR count). The van der Waals surface area contributed by atoms with Gasteiger partial charge in [-0.05, 0) is 22.0 Å². The molecule has 0 atom stereocenters. The van der Waals surface area contributed by atoms with Crippen LogP contribution < -0.4 is 11.1 Å². The third kappa shape index (κ3) is 2.88. The summed E-state index contributed by atoms with van der Waals surface area (Å²) in [6.45, 7) is 1.04. The van der Waals surface area contributed by atoms with Crippen molar-refractivity contribution in [1.82, 2.24) is 15.1 Å². The molecular formula is C10H11BrN4O2. The zero-order valence-corrected chi connectivity index (χ0v) is 10.5. The van der Waals surface area contributed by atoms with Gasteiger partial charge in [-0.25, -0.2) is 0 Å². The third-order valence-electron chi connectivity index (χ3n) is 2.14. The molecule has 0 unspecified atom stereocenters. The highest BCUT2D eigenvalue weighted by molar-refractivity contribution is 9.10. The van der Waals surface area contributed by atoms with Crippen LogP contribution in [0, 0.1) is 0 Å². The van der Waals surface area contributed by atoms with E-state index in [4.69, 9.17) is 10.2 Å².